The number of nitrogens with one attached hydrogen (secondary N) is 1. The van der Waals surface area contributed by atoms with Gasteiger partial charge in [0, 0.05) is 5.57 Å². The molecule has 0 fully saturated rings. The molecule has 15 heavy (non-hydrogen) atoms. The molecule has 0 amide bonds. The summed E-state index contributed by atoms with van der Waals surface area (Å²) in [5.41, 5.74) is 0.789. The lowest BCUT2D eigenvalue weighted by molar-refractivity contribution is 0.0518. The largest absolute Gasteiger partial charge is 0.386 e. The molecule has 0 saturated heterocycles. The summed E-state index contributed by atoms with van der Waals surface area (Å²) in [6.45, 7) is 6.99. The van der Waals surface area contributed by atoms with E-state index in [2.05, 4.69) is 18.5 Å². The molecule has 4 heteroatoms. The standard InChI is InChI=1S/C9H11FO2.C2H7N/c1-3-7-8(6(2)10)4-12-5-9(7)11;1-3-2/h3,9,11H,1-2,4-5H2;3H,1-2H3. The lowest BCUT2D eigenvalue weighted by atomic mass is 10.0. The van der Waals surface area contributed by atoms with Gasteiger partial charge in [0.25, 0.3) is 0 Å². The maximum atomic E-state index is 12.7. The van der Waals surface area contributed by atoms with Crippen molar-refractivity contribution >= 4 is 0 Å². The van der Waals surface area contributed by atoms with Gasteiger partial charge in [-0.3, -0.25) is 0 Å². The van der Waals surface area contributed by atoms with Gasteiger partial charge >= 0.3 is 0 Å². The van der Waals surface area contributed by atoms with Crippen LogP contribution in [-0.4, -0.2) is 38.5 Å². The Labute approximate surface area is 89.9 Å². The minimum Gasteiger partial charge on any atom is -0.386 e. The van der Waals surface area contributed by atoms with Crippen molar-refractivity contribution < 1.29 is 14.2 Å². The highest BCUT2D eigenvalue weighted by atomic mass is 19.1. The number of rotatable bonds is 2. The van der Waals surface area contributed by atoms with Gasteiger partial charge in [-0.05, 0) is 19.7 Å². The number of aliphatic hydroxyl groups excluding tert-OH is 1. The molecule has 1 atom stereocenters. The first kappa shape index (κ1) is 14.0. The molecular weight excluding hydrogens is 197 g/mol. The van der Waals surface area contributed by atoms with Crippen LogP contribution < -0.4 is 5.32 Å². The fourth-order valence-corrected chi connectivity index (χ4v) is 1.14. The predicted molar refractivity (Wildman–Crippen MR) is 59.3 cm³/mol. The van der Waals surface area contributed by atoms with E-state index < -0.39 is 11.9 Å². The monoisotopic (exact) mass is 215 g/mol. The number of aliphatic hydroxyl groups is 1. The average Bonchev–Trinajstić information content (AvgIpc) is 2.18. The van der Waals surface area contributed by atoms with Gasteiger partial charge in [0.2, 0.25) is 0 Å². The lowest BCUT2D eigenvalue weighted by Crippen LogP contribution is -2.25. The van der Waals surface area contributed by atoms with Crippen LogP contribution in [0.3, 0.4) is 0 Å². The van der Waals surface area contributed by atoms with Crippen molar-refractivity contribution in [3.05, 3.63) is 36.2 Å². The first-order valence-corrected chi connectivity index (χ1v) is 4.63. The van der Waals surface area contributed by atoms with Gasteiger partial charge in [0.05, 0.1) is 13.2 Å². The van der Waals surface area contributed by atoms with Gasteiger partial charge in [-0.25, -0.2) is 4.39 Å². The molecule has 1 aliphatic heterocycles. The average molecular weight is 215 g/mol. The van der Waals surface area contributed by atoms with Crippen molar-refractivity contribution in [2.45, 2.75) is 6.10 Å². The maximum Gasteiger partial charge on any atom is 0.121 e. The highest BCUT2D eigenvalue weighted by Crippen LogP contribution is 2.22. The van der Waals surface area contributed by atoms with E-state index in [1.807, 2.05) is 14.1 Å². The van der Waals surface area contributed by atoms with E-state index in [9.17, 15) is 9.50 Å². The zero-order valence-electron chi connectivity index (χ0n) is 9.22. The van der Waals surface area contributed by atoms with Crippen LogP contribution in [0.1, 0.15) is 0 Å². The van der Waals surface area contributed by atoms with E-state index >= 15 is 0 Å². The Kier molecular flexibility index (Phi) is 6.86. The van der Waals surface area contributed by atoms with Crippen LogP contribution in [0.25, 0.3) is 0 Å². The van der Waals surface area contributed by atoms with Crippen LogP contribution in [0.2, 0.25) is 0 Å². The normalized spacial score (nSPS) is 20.4. The summed E-state index contributed by atoms with van der Waals surface area (Å²) in [5.74, 6) is -0.566. The second kappa shape index (κ2) is 7.34. The molecule has 1 aliphatic rings. The maximum absolute atomic E-state index is 12.7. The molecule has 2 N–H and O–H groups in total. The van der Waals surface area contributed by atoms with E-state index in [4.69, 9.17) is 4.74 Å². The Morgan fingerprint density at radius 1 is 1.67 bits per heavy atom. The lowest BCUT2D eigenvalue weighted by Gasteiger charge is -2.22. The molecule has 1 heterocycles. The minimum atomic E-state index is -0.779. The van der Waals surface area contributed by atoms with Gasteiger partial charge in [-0.2, -0.15) is 0 Å². The van der Waals surface area contributed by atoms with Crippen LogP contribution in [0, 0.1) is 0 Å². The molecule has 3 nitrogen and oxygen atoms in total. The first-order valence-electron chi connectivity index (χ1n) is 4.63. The third kappa shape index (κ3) is 4.38. The summed E-state index contributed by atoms with van der Waals surface area (Å²) in [6.07, 6.45) is 0.659. The van der Waals surface area contributed by atoms with Crippen molar-refractivity contribution in [1.82, 2.24) is 5.32 Å². The Morgan fingerprint density at radius 2 is 2.20 bits per heavy atom. The Hall–Kier alpha value is -0.970. The van der Waals surface area contributed by atoms with E-state index in [1.165, 1.54) is 6.08 Å². The number of ether oxygens (including phenoxy) is 1. The van der Waals surface area contributed by atoms with Crippen LogP contribution in [0.4, 0.5) is 4.39 Å². The second-order valence-corrected chi connectivity index (χ2v) is 3.07. The van der Waals surface area contributed by atoms with Crippen LogP contribution >= 0.6 is 0 Å². The zero-order chi connectivity index (χ0) is 11.8. The number of hydrogen-bond donors (Lipinski definition) is 2. The summed E-state index contributed by atoms with van der Waals surface area (Å²) in [6, 6.07) is 0. The second-order valence-electron chi connectivity index (χ2n) is 3.07. The molecule has 0 aromatic rings. The van der Waals surface area contributed by atoms with Crippen LogP contribution in [0.5, 0.6) is 0 Å². The van der Waals surface area contributed by atoms with E-state index in [0.29, 0.717) is 11.1 Å². The summed E-state index contributed by atoms with van der Waals surface area (Å²) in [5, 5.41) is 12.1. The van der Waals surface area contributed by atoms with Gasteiger partial charge in [-0.1, -0.05) is 19.2 Å². The summed E-state index contributed by atoms with van der Waals surface area (Å²) in [7, 11) is 3.75. The number of hydrogen-bond acceptors (Lipinski definition) is 3. The quantitative estimate of drug-likeness (QED) is 0.726. The Bertz CT molecular complexity index is 261. The van der Waals surface area contributed by atoms with Crippen LogP contribution in [0.15, 0.2) is 36.2 Å². The zero-order valence-corrected chi connectivity index (χ0v) is 9.22. The Morgan fingerprint density at radius 3 is 2.53 bits per heavy atom. The van der Waals surface area contributed by atoms with Gasteiger partial charge in [0.1, 0.15) is 11.9 Å². The van der Waals surface area contributed by atoms with Crippen molar-refractivity contribution in [3.8, 4) is 0 Å². The summed E-state index contributed by atoms with van der Waals surface area (Å²) < 4.78 is 17.6. The van der Waals surface area contributed by atoms with E-state index in [-0.39, 0.29) is 13.2 Å². The molecule has 0 aromatic carbocycles. The highest BCUT2D eigenvalue weighted by molar-refractivity contribution is 5.39. The van der Waals surface area contributed by atoms with Crippen molar-refractivity contribution in [2.24, 2.45) is 0 Å². The Balaban J connectivity index is 0.000000583. The van der Waals surface area contributed by atoms with Crippen molar-refractivity contribution in [2.75, 3.05) is 27.3 Å². The molecular formula is C11H18FNO2. The molecule has 1 unspecified atom stereocenters. The van der Waals surface area contributed by atoms with Gasteiger partial charge in [0.15, 0.2) is 0 Å². The summed E-state index contributed by atoms with van der Waals surface area (Å²) in [4.78, 5) is 0. The van der Waals surface area contributed by atoms with E-state index in [1.54, 1.807) is 0 Å². The number of halogens is 1. The molecule has 0 bridgehead atoms. The highest BCUT2D eigenvalue weighted by Gasteiger charge is 2.20. The molecule has 86 valence electrons. The molecule has 0 radical (unpaired) electrons. The van der Waals surface area contributed by atoms with E-state index in [0.717, 1.165) is 0 Å². The molecule has 0 saturated carbocycles. The molecule has 0 aliphatic carbocycles. The van der Waals surface area contributed by atoms with Crippen molar-refractivity contribution in [3.63, 3.8) is 0 Å². The molecule has 0 spiro atoms. The first-order chi connectivity index (χ1) is 7.08. The third-order valence-electron chi connectivity index (χ3n) is 1.78. The SMILES string of the molecule is C=CC1=C(C(=C)F)COCC1O.CNC. The molecule has 0 aromatic heterocycles. The minimum absolute atomic E-state index is 0.160. The fourth-order valence-electron chi connectivity index (χ4n) is 1.14. The summed E-state index contributed by atoms with van der Waals surface area (Å²) >= 11 is 0. The van der Waals surface area contributed by atoms with Gasteiger partial charge < -0.3 is 15.2 Å². The smallest absolute Gasteiger partial charge is 0.121 e. The molecule has 1 rings (SSSR count). The van der Waals surface area contributed by atoms with Crippen molar-refractivity contribution in [1.29, 1.82) is 0 Å². The fraction of sp³-hybridized carbons (Fsp3) is 0.455. The van der Waals surface area contributed by atoms with Gasteiger partial charge in [-0.15, -0.1) is 0 Å². The predicted octanol–water partition coefficient (Wildman–Crippen LogP) is 1.18. The van der Waals surface area contributed by atoms with Crippen LogP contribution in [-0.2, 0) is 4.74 Å². The topological polar surface area (TPSA) is 41.5 Å². The third-order valence-corrected chi connectivity index (χ3v) is 1.78.